The van der Waals surface area contributed by atoms with Crippen molar-refractivity contribution in [1.82, 2.24) is 24.7 Å². The average molecular weight is 487 g/mol. The van der Waals surface area contributed by atoms with Crippen molar-refractivity contribution in [2.45, 2.75) is 37.4 Å². The zero-order valence-corrected chi connectivity index (χ0v) is 20.0. The fourth-order valence-electron chi connectivity index (χ4n) is 4.37. The first-order chi connectivity index (χ1) is 16.7. The minimum Gasteiger partial charge on any atom is -0.319 e. The maximum absolute atomic E-state index is 12.6. The Labute approximate surface area is 204 Å². The molecule has 1 amide bonds. The fraction of sp³-hybridized carbons (Fsp3) is 0.240. The molecule has 0 fully saturated rings. The SMILES string of the molecule is O=C(CSc1nnc2c3ccccc3n(Cc3ccccc3)c2n1)Nc1nc2c(s1)CCCC2. The summed E-state index contributed by atoms with van der Waals surface area (Å²) in [5, 5.41) is 13.9. The highest BCUT2D eigenvalue weighted by molar-refractivity contribution is 7.99. The molecule has 0 saturated heterocycles. The van der Waals surface area contributed by atoms with Gasteiger partial charge in [-0.15, -0.1) is 21.5 Å². The molecule has 3 aromatic heterocycles. The number of nitrogens with one attached hydrogen (secondary N) is 1. The molecule has 0 bridgehead atoms. The van der Waals surface area contributed by atoms with Gasteiger partial charge >= 0.3 is 0 Å². The topological polar surface area (TPSA) is 85.6 Å². The number of anilines is 1. The summed E-state index contributed by atoms with van der Waals surface area (Å²) in [4.78, 5) is 23.3. The summed E-state index contributed by atoms with van der Waals surface area (Å²) >= 11 is 2.88. The summed E-state index contributed by atoms with van der Waals surface area (Å²) < 4.78 is 2.17. The molecule has 7 nitrogen and oxygen atoms in total. The molecule has 0 radical (unpaired) electrons. The second kappa shape index (κ2) is 9.15. The summed E-state index contributed by atoms with van der Waals surface area (Å²) in [6, 6.07) is 18.4. The number of fused-ring (bicyclic) bond motifs is 4. The Morgan fingerprint density at radius 2 is 1.82 bits per heavy atom. The van der Waals surface area contributed by atoms with Crippen molar-refractivity contribution in [2.75, 3.05) is 11.1 Å². The lowest BCUT2D eigenvalue weighted by Gasteiger charge is -2.07. The summed E-state index contributed by atoms with van der Waals surface area (Å²) in [6.07, 6.45) is 4.45. The van der Waals surface area contributed by atoms with Gasteiger partial charge in [0.1, 0.15) is 5.52 Å². The van der Waals surface area contributed by atoms with Crippen LogP contribution < -0.4 is 5.32 Å². The van der Waals surface area contributed by atoms with Gasteiger partial charge in [0.2, 0.25) is 11.1 Å². The van der Waals surface area contributed by atoms with Crippen LogP contribution in [0, 0.1) is 0 Å². The van der Waals surface area contributed by atoms with Gasteiger partial charge in [-0.25, -0.2) is 9.97 Å². The molecule has 3 heterocycles. The molecule has 5 aromatic rings. The number of carbonyl (C=O) groups is 1. The van der Waals surface area contributed by atoms with Gasteiger partial charge in [-0.3, -0.25) is 4.79 Å². The fourth-order valence-corrected chi connectivity index (χ4v) is 6.02. The molecule has 1 N–H and O–H groups in total. The smallest absolute Gasteiger partial charge is 0.236 e. The zero-order chi connectivity index (χ0) is 22.9. The van der Waals surface area contributed by atoms with Crippen molar-refractivity contribution >= 4 is 56.2 Å². The van der Waals surface area contributed by atoms with E-state index < -0.39 is 0 Å². The van der Waals surface area contributed by atoms with Crippen LogP contribution in [0.3, 0.4) is 0 Å². The first-order valence-electron chi connectivity index (χ1n) is 11.3. The molecule has 6 rings (SSSR count). The summed E-state index contributed by atoms with van der Waals surface area (Å²) in [7, 11) is 0. The van der Waals surface area contributed by atoms with E-state index in [4.69, 9.17) is 4.98 Å². The predicted molar refractivity (Wildman–Crippen MR) is 136 cm³/mol. The number of carbonyl (C=O) groups excluding carboxylic acids is 1. The quantitative estimate of drug-likeness (QED) is 0.336. The maximum atomic E-state index is 12.6. The standard InChI is InChI=1S/C25H22N6OS2/c32-21(27-24-26-18-11-5-7-13-20(18)34-24)15-33-25-28-23-22(29-30-25)17-10-4-6-12-19(17)31(23)14-16-8-2-1-3-9-16/h1-4,6,8-10,12H,5,7,11,13-15H2,(H,26,27,32). The number of para-hydroxylation sites is 1. The van der Waals surface area contributed by atoms with E-state index in [0.717, 1.165) is 40.6 Å². The third-order valence-electron chi connectivity index (χ3n) is 5.96. The molecule has 9 heteroatoms. The Hall–Kier alpha value is -3.30. The number of rotatable bonds is 6. The lowest BCUT2D eigenvalue weighted by Crippen LogP contribution is -2.14. The van der Waals surface area contributed by atoms with E-state index in [1.54, 1.807) is 11.3 Å². The van der Waals surface area contributed by atoms with E-state index >= 15 is 0 Å². The molecule has 0 unspecified atom stereocenters. The molecule has 0 saturated carbocycles. The molecule has 1 aliphatic rings. The molecule has 34 heavy (non-hydrogen) atoms. The van der Waals surface area contributed by atoms with Crippen molar-refractivity contribution in [3.05, 3.63) is 70.7 Å². The van der Waals surface area contributed by atoms with Crippen LogP contribution in [-0.4, -0.2) is 36.4 Å². The molecule has 0 atom stereocenters. The normalized spacial score (nSPS) is 13.3. The van der Waals surface area contributed by atoms with E-state index in [2.05, 4.69) is 43.3 Å². The number of aromatic nitrogens is 5. The monoisotopic (exact) mass is 486 g/mol. The van der Waals surface area contributed by atoms with Crippen LogP contribution in [0.25, 0.3) is 22.1 Å². The molecular formula is C25H22N6OS2. The van der Waals surface area contributed by atoms with Crippen LogP contribution in [0.1, 0.15) is 29.0 Å². The Bertz CT molecular complexity index is 1470. The Morgan fingerprint density at radius 1 is 1.00 bits per heavy atom. The van der Waals surface area contributed by atoms with E-state index in [1.165, 1.54) is 35.0 Å². The molecule has 2 aromatic carbocycles. The number of thiazole rings is 1. The largest absolute Gasteiger partial charge is 0.319 e. The third-order valence-corrected chi connectivity index (χ3v) is 7.87. The van der Waals surface area contributed by atoms with Crippen molar-refractivity contribution in [3.63, 3.8) is 0 Å². The van der Waals surface area contributed by atoms with Crippen molar-refractivity contribution in [3.8, 4) is 0 Å². The number of hydrogen-bond donors (Lipinski definition) is 1. The van der Waals surface area contributed by atoms with Gasteiger partial charge in [0, 0.05) is 16.8 Å². The van der Waals surface area contributed by atoms with Gasteiger partial charge in [0.15, 0.2) is 10.8 Å². The third kappa shape index (κ3) is 4.17. The Kier molecular flexibility index (Phi) is 5.72. The highest BCUT2D eigenvalue weighted by Gasteiger charge is 2.18. The van der Waals surface area contributed by atoms with Crippen LogP contribution in [0.15, 0.2) is 59.8 Å². The van der Waals surface area contributed by atoms with Gasteiger partial charge < -0.3 is 9.88 Å². The molecule has 0 aliphatic heterocycles. The molecule has 1 aliphatic carbocycles. The van der Waals surface area contributed by atoms with Crippen LogP contribution in [0.4, 0.5) is 5.13 Å². The lowest BCUT2D eigenvalue weighted by atomic mass is 10.0. The highest BCUT2D eigenvalue weighted by atomic mass is 32.2. The number of amides is 1. The number of thioether (sulfide) groups is 1. The van der Waals surface area contributed by atoms with Crippen LogP contribution in [0.2, 0.25) is 0 Å². The zero-order valence-electron chi connectivity index (χ0n) is 18.4. The van der Waals surface area contributed by atoms with Gasteiger partial charge in [0.05, 0.1) is 17.0 Å². The van der Waals surface area contributed by atoms with Gasteiger partial charge in [-0.1, -0.05) is 60.3 Å². The number of aryl methyl sites for hydroxylation is 2. The molecule has 170 valence electrons. The number of hydrogen-bond acceptors (Lipinski definition) is 7. The van der Waals surface area contributed by atoms with Crippen LogP contribution in [0.5, 0.6) is 0 Å². The Morgan fingerprint density at radius 3 is 2.71 bits per heavy atom. The second-order valence-electron chi connectivity index (χ2n) is 8.29. The van der Waals surface area contributed by atoms with Gasteiger partial charge in [-0.05, 0) is 37.3 Å². The predicted octanol–water partition coefficient (Wildman–Crippen LogP) is 5.09. The first-order valence-corrected chi connectivity index (χ1v) is 13.1. The van der Waals surface area contributed by atoms with E-state index in [0.29, 0.717) is 16.8 Å². The van der Waals surface area contributed by atoms with E-state index in [9.17, 15) is 4.79 Å². The summed E-state index contributed by atoms with van der Waals surface area (Å²) in [5.41, 5.74) is 4.94. The average Bonchev–Trinajstić information content (AvgIpc) is 3.42. The first kappa shape index (κ1) is 21.2. The number of nitrogens with zero attached hydrogens (tertiary/aromatic N) is 5. The minimum atomic E-state index is -0.107. The van der Waals surface area contributed by atoms with Crippen LogP contribution in [-0.2, 0) is 24.2 Å². The molecular weight excluding hydrogens is 464 g/mol. The van der Waals surface area contributed by atoms with Crippen molar-refractivity contribution in [1.29, 1.82) is 0 Å². The Balaban J connectivity index is 1.23. The van der Waals surface area contributed by atoms with E-state index in [-0.39, 0.29) is 11.7 Å². The lowest BCUT2D eigenvalue weighted by molar-refractivity contribution is -0.113. The summed E-state index contributed by atoms with van der Waals surface area (Å²) in [6.45, 7) is 0.683. The summed E-state index contributed by atoms with van der Waals surface area (Å²) in [5.74, 6) is 0.0979. The number of benzene rings is 2. The van der Waals surface area contributed by atoms with Crippen molar-refractivity contribution in [2.24, 2.45) is 0 Å². The van der Waals surface area contributed by atoms with Gasteiger partial charge in [0.25, 0.3) is 0 Å². The maximum Gasteiger partial charge on any atom is 0.236 e. The van der Waals surface area contributed by atoms with E-state index in [1.807, 2.05) is 36.4 Å². The van der Waals surface area contributed by atoms with Crippen molar-refractivity contribution < 1.29 is 4.79 Å². The highest BCUT2D eigenvalue weighted by Crippen LogP contribution is 2.30. The van der Waals surface area contributed by atoms with Gasteiger partial charge in [-0.2, -0.15) is 0 Å². The van der Waals surface area contributed by atoms with Crippen LogP contribution >= 0.6 is 23.1 Å². The minimum absolute atomic E-state index is 0.107. The second-order valence-corrected chi connectivity index (χ2v) is 10.3. The molecule has 0 spiro atoms.